The first kappa shape index (κ1) is 19.7. The van der Waals surface area contributed by atoms with E-state index in [-0.39, 0.29) is 11.6 Å². The number of benzene rings is 1. The van der Waals surface area contributed by atoms with Gasteiger partial charge in [-0.25, -0.2) is 9.48 Å². The van der Waals surface area contributed by atoms with Crippen molar-refractivity contribution in [1.29, 1.82) is 0 Å². The van der Waals surface area contributed by atoms with Gasteiger partial charge in [-0.3, -0.25) is 4.79 Å². The summed E-state index contributed by atoms with van der Waals surface area (Å²) in [6.07, 6.45) is 2.85. The fourth-order valence-corrected chi connectivity index (χ4v) is 3.11. The van der Waals surface area contributed by atoms with Gasteiger partial charge in [0.05, 0.1) is 11.9 Å². The Morgan fingerprint density at radius 2 is 1.93 bits per heavy atom. The Labute approximate surface area is 158 Å². The number of amides is 1. The molecule has 1 heterocycles. The summed E-state index contributed by atoms with van der Waals surface area (Å²) < 4.78 is 40.4. The van der Waals surface area contributed by atoms with Crippen LogP contribution in [0.2, 0.25) is 0 Å². The lowest BCUT2D eigenvalue weighted by atomic mass is 9.94. The topological polar surface area (TPSA) is 84.2 Å². The highest BCUT2D eigenvalue weighted by Crippen LogP contribution is 2.33. The molecule has 1 aliphatic carbocycles. The van der Waals surface area contributed by atoms with Crippen molar-refractivity contribution in [3.05, 3.63) is 59.4 Å². The molecule has 3 rings (SSSR count). The van der Waals surface area contributed by atoms with E-state index in [0.717, 1.165) is 19.3 Å². The molecule has 0 fully saturated rings. The van der Waals surface area contributed by atoms with Crippen LogP contribution in [0.3, 0.4) is 0 Å². The van der Waals surface area contributed by atoms with Gasteiger partial charge in [0.15, 0.2) is 5.69 Å². The minimum absolute atomic E-state index is 0.00814. The summed E-state index contributed by atoms with van der Waals surface area (Å²) in [4.78, 5) is 23.3. The average molecular weight is 393 g/mol. The van der Waals surface area contributed by atoms with E-state index in [4.69, 9.17) is 5.11 Å². The van der Waals surface area contributed by atoms with Gasteiger partial charge in [0.25, 0.3) is 5.91 Å². The number of hydrogen-bond donors (Lipinski definition) is 2. The van der Waals surface area contributed by atoms with Crippen LogP contribution in [0.25, 0.3) is 5.69 Å². The van der Waals surface area contributed by atoms with Crippen molar-refractivity contribution in [1.82, 2.24) is 15.1 Å². The van der Waals surface area contributed by atoms with Crippen LogP contribution >= 0.6 is 0 Å². The lowest BCUT2D eigenvalue weighted by molar-refractivity contribution is -0.143. The molecular weight excluding hydrogens is 375 g/mol. The number of aromatic carboxylic acids is 1. The lowest BCUT2D eigenvalue weighted by Gasteiger charge is -2.18. The van der Waals surface area contributed by atoms with Crippen LogP contribution in [0, 0.1) is 5.92 Å². The van der Waals surface area contributed by atoms with E-state index in [0.29, 0.717) is 28.9 Å². The van der Waals surface area contributed by atoms with Crippen LogP contribution in [0.5, 0.6) is 0 Å². The van der Waals surface area contributed by atoms with Crippen molar-refractivity contribution in [2.75, 3.05) is 6.54 Å². The number of carbonyl (C=O) groups excluding carboxylic acids is 1. The van der Waals surface area contributed by atoms with Gasteiger partial charge in [-0.2, -0.15) is 18.3 Å². The second kappa shape index (κ2) is 7.87. The maximum Gasteiger partial charge on any atom is 0.434 e. The zero-order chi connectivity index (χ0) is 20.3. The molecule has 6 nitrogen and oxygen atoms in total. The van der Waals surface area contributed by atoms with Gasteiger partial charge in [0.1, 0.15) is 5.56 Å². The Morgan fingerprint density at radius 1 is 1.21 bits per heavy atom. The van der Waals surface area contributed by atoms with E-state index >= 15 is 0 Å². The summed E-state index contributed by atoms with van der Waals surface area (Å²) in [7, 11) is 0. The molecular formula is C19H18F3N3O3. The Morgan fingerprint density at radius 3 is 2.50 bits per heavy atom. The van der Waals surface area contributed by atoms with Gasteiger partial charge in [-0.05, 0) is 49.4 Å². The van der Waals surface area contributed by atoms with E-state index in [2.05, 4.69) is 22.6 Å². The van der Waals surface area contributed by atoms with Crippen molar-refractivity contribution in [3.63, 3.8) is 0 Å². The molecule has 1 aromatic carbocycles. The predicted octanol–water partition coefficient (Wildman–Crippen LogP) is 3.68. The summed E-state index contributed by atoms with van der Waals surface area (Å²) in [5, 5.41) is 15.3. The number of nitrogens with zero attached hydrogens (tertiary/aromatic N) is 2. The molecule has 0 saturated heterocycles. The number of carboxylic acid groups (broad SMARTS) is 1. The van der Waals surface area contributed by atoms with Crippen LogP contribution in [0.1, 0.15) is 45.7 Å². The number of nitrogens with one attached hydrogen (secondary N) is 1. The molecule has 1 aromatic heterocycles. The first-order valence-electron chi connectivity index (χ1n) is 8.69. The van der Waals surface area contributed by atoms with Gasteiger partial charge >= 0.3 is 12.1 Å². The molecule has 1 amide bonds. The first-order chi connectivity index (χ1) is 13.3. The number of carbonyl (C=O) groups is 2. The third-order valence-electron chi connectivity index (χ3n) is 4.57. The number of allylic oxidation sites excluding steroid dienone is 2. The summed E-state index contributed by atoms with van der Waals surface area (Å²) in [5.41, 5.74) is -2.00. The Bertz CT molecular complexity index is 901. The molecule has 1 aliphatic rings. The number of alkyl halides is 3. The van der Waals surface area contributed by atoms with Crippen LogP contribution < -0.4 is 5.32 Å². The van der Waals surface area contributed by atoms with Gasteiger partial charge in [-0.1, -0.05) is 12.2 Å². The summed E-state index contributed by atoms with van der Waals surface area (Å²) in [6.45, 7) is 0.532. The zero-order valence-electron chi connectivity index (χ0n) is 14.7. The normalized spacial score (nSPS) is 16.8. The fraction of sp³-hybridized carbons (Fsp3) is 0.316. The number of carboxylic acids is 1. The molecule has 148 valence electrons. The number of rotatable bonds is 5. The van der Waals surface area contributed by atoms with Crippen molar-refractivity contribution >= 4 is 11.9 Å². The SMILES string of the molecule is O=C(NCC1CC=CCC1)c1ccc(-n2ncc(C(=O)O)c2C(F)(F)F)cc1. The second-order valence-electron chi connectivity index (χ2n) is 6.53. The van der Waals surface area contributed by atoms with E-state index in [1.807, 2.05) is 0 Å². The van der Waals surface area contributed by atoms with Crippen LogP contribution in [-0.2, 0) is 6.18 Å². The molecule has 0 aliphatic heterocycles. The Hall–Kier alpha value is -3.10. The smallest absolute Gasteiger partial charge is 0.434 e. The van der Waals surface area contributed by atoms with E-state index in [1.54, 1.807) is 0 Å². The molecule has 2 aromatic rings. The van der Waals surface area contributed by atoms with Gasteiger partial charge in [0.2, 0.25) is 0 Å². The largest absolute Gasteiger partial charge is 0.478 e. The van der Waals surface area contributed by atoms with E-state index < -0.39 is 23.4 Å². The highest BCUT2D eigenvalue weighted by Gasteiger charge is 2.40. The highest BCUT2D eigenvalue weighted by molar-refractivity contribution is 5.94. The molecule has 1 atom stereocenters. The standard InChI is InChI=1S/C19H18F3N3O3/c20-19(21,22)16-15(18(27)28)11-24-25(16)14-8-6-13(7-9-14)17(26)23-10-12-4-2-1-3-5-12/h1-2,6-9,11-12H,3-5,10H2,(H,23,26)(H,27,28). The second-order valence-corrected chi connectivity index (χ2v) is 6.53. The Kier molecular flexibility index (Phi) is 5.53. The highest BCUT2D eigenvalue weighted by atomic mass is 19.4. The monoisotopic (exact) mass is 393 g/mol. The predicted molar refractivity (Wildman–Crippen MR) is 94.3 cm³/mol. The van der Waals surface area contributed by atoms with Crippen molar-refractivity contribution in [2.24, 2.45) is 5.92 Å². The van der Waals surface area contributed by atoms with Gasteiger partial charge in [-0.15, -0.1) is 0 Å². The third-order valence-corrected chi connectivity index (χ3v) is 4.57. The van der Waals surface area contributed by atoms with Gasteiger partial charge in [0, 0.05) is 12.1 Å². The molecule has 2 N–H and O–H groups in total. The van der Waals surface area contributed by atoms with E-state index in [1.165, 1.54) is 24.3 Å². The van der Waals surface area contributed by atoms with Crippen molar-refractivity contribution < 1.29 is 27.9 Å². The zero-order valence-corrected chi connectivity index (χ0v) is 14.7. The molecule has 0 spiro atoms. The fourth-order valence-electron chi connectivity index (χ4n) is 3.11. The van der Waals surface area contributed by atoms with Crippen LogP contribution in [0.15, 0.2) is 42.6 Å². The molecule has 0 saturated carbocycles. The number of halogens is 3. The minimum atomic E-state index is -4.89. The summed E-state index contributed by atoms with van der Waals surface area (Å²) >= 11 is 0. The first-order valence-corrected chi connectivity index (χ1v) is 8.69. The van der Waals surface area contributed by atoms with Crippen LogP contribution in [0.4, 0.5) is 13.2 Å². The number of aromatic nitrogens is 2. The van der Waals surface area contributed by atoms with Gasteiger partial charge < -0.3 is 10.4 Å². The molecule has 0 bridgehead atoms. The van der Waals surface area contributed by atoms with Crippen molar-refractivity contribution in [3.8, 4) is 5.69 Å². The van der Waals surface area contributed by atoms with E-state index in [9.17, 15) is 22.8 Å². The third kappa shape index (κ3) is 4.24. The lowest BCUT2D eigenvalue weighted by Crippen LogP contribution is -2.29. The van der Waals surface area contributed by atoms with Crippen LogP contribution in [-0.4, -0.2) is 33.3 Å². The average Bonchev–Trinajstić information content (AvgIpc) is 3.13. The summed E-state index contributed by atoms with van der Waals surface area (Å²) in [5.74, 6) is -1.66. The number of hydrogen-bond acceptors (Lipinski definition) is 3. The molecule has 28 heavy (non-hydrogen) atoms. The molecule has 9 heteroatoms. The maximum atomic E-state index is 13.3. The quantitative estimate of drug-likeness (QED) is 0.759. The van der Waals surface area contributed by atoms with Crippen molar-refractivity contribution in [2.45, 2.75) is 25.4 Å². The summed E-state index contributed by atoms with van der Waals surface area (Å²) in [6, 6.07) is 5.36. The molecule has 0 radical (unpaired) electrons. The molecule has 1 unspecified atom stereocenters. The maximum absolute atomic E-state index is 13.3. The minimum Gasteiger partial charge on any atom is -0.478 e. The Balaban J connectivity index is 1.76.